The van der Waals surface area contributed by atoms with Gasteiger partial charge in [0.2, 0.25) is 0 Å². The molecule has 2 rings (SSSR count). The first-order valence-corrected chi connectivity index (χ1v) is 8.61. The molecule has 2 aromatic carbocycles. The molecule has 0 fully saturated rings. The van der Waals surface area contributed by atoms with Crippen molar-refractivity contribution in [3.05, 3.63) is 65.5 Å². The highest BCUT2D eigenvalue weighted by Crippen LogP contribution is 2.16. The number of hydrogen-bond acceptors (Lipinski definition) is 4. The SMILES string of the molecule is CCCCOC(=O)c1ccccc1NC(=O)C(=O)NCc1ccc(F)cc1. The average Bonchev–Trinajstić information content (AvgIpc) is 2.67. The average molecular weight is 372 g/mol. The predicted molar refractivity (Wildman–Crippen MR) is 98.5 cm³/mol. The van der Waals surface area contributed by atoms with Crippen LogP contribution in [0.5, 0.6) is 0 Å². The number of carbonyl (C=O) groups excluding carboxylic acids is 3. The van der Waals surface area contributed by atoms with Gasteiger partial charge in [-0.05, 0) is 36.2 Å². The first-order chi connectivity index (χ1) is 13.0. The van der Waals surface area contributed by atoms with Crippen molar-refractivity contribution in [2.24, 2.45) is 0 Å². The molecule has 6 nitrogen and oxygen atoms in total. The van der Waals surface area contributed by atoms with E-state index in [-0.39, 0.29) is 30.2 Å². The van der Waals surface area contributed by atoms with E-state index in [1.54, 1.807) is 12.1 Å². The number of rotatable bonds is 7. The van der Waals surface area contributed by atoms with Gasteiger partial charge in [0.25, 0.3) is 0 Å². The van der Waals surface area contributed by atoms with Crippen LogP contribution < -0.4 is 10.6 Å². The highest BCUT2D eigenvalue weighted by Gasteiger charge is 2.18. The van der Waals surface area contributed by atoms with E-state index in [2.05, 4.69) is 10.6 Å². The Balaban J connectivity index is 1.95. The molecule has 0 aliphatic heterocycles. The second-order valence-electron chi connectivity index (χ2n) is 5.80. The van der Waals surface area contributed by atoms with Gasteiger partial charge >= 0.3 is 17.8 Å². The van der Waals surface area contributed by atoms with E-state index in [0.29, 0.717) is 5.56 Å². The maximum atomic E-state index is 12.9. The minimum absolute atomic E-state index is 0.0766. The van der Waals surface area contributed by atoms with Gasteiger partial charge in [-0.25, -0.2) is 9.18 Å². The molecule has 0 saturated carbocycles. The second-order valence-corrected chi connectivity index (χ2v) is 5.80. The molecule has 0 bridgehead atoms. The van der Waals surface area contributed by atoms with E-state index in [1.807, 2.05) is 6.92 Å². The van der Waals surface area contributed by atoms with Gasteiger partial charge in [-0.15, -0.1) is 0 Å². The molecule has 0 aliphatic rings. The molecular weight excluding hydrogens is 351 g/mol. The van der Waals surface area contributed by atoms with Gasteiger partial charge < -0.3 is 15.4 Å². The summed E-state index contributed by atoms with van der Waals surface area (Å²) in [5.74, 6) is -2.73. The number of halogens is 1. The second kappa shape index (κ2) is 10.1. The molecule has 2 N–H and O–H groups in total. The number of benzene rings is 2. The number of esters is 1. The summed E-state index contributed by atoms with van der Waals surface area (Å²) in [6.07, 6.45) is 1.63. The summed E-state index contributed by atoms with van der Waals surface area (Å²) >= 11 is 0. The van der Waals surface area contributed by atoms with Gasteiger partial charge in [-0.1, -0.05) is 37.6 Å². The summed E-state index contributed by atoms with van der Waals surface area (Å²) in [6, 6.07) is 11.9. The maximum Gasteiger partial charge on any atom is 0.340 e. The van der Waals surface area contributed by atoms with Crippen LogP contribution in [0.4, 0.5) is 10.1 Å². The van der Waals surface area contributed by atoms with E-state index < -0.39 is 17.8 Å². The van der Waals surface area contributed by atoms with Gasteiger partial charge in [0.05, 0.1) is 17.9 Å². The Morgan fingerprint density at radius 1 is 1.00 bits per heavy atom. The van der Waals surface area contributed by atoms with E-state index >= 15 is 0 Å². The lowest BCUT2D eigenvalue weighted by Gasteiger charge is -2.11. The predicted octanol–water partition coefficient (Wildman–Crippen LogP) is 3.04. The third-order valence-corrected chi connectivity index (χ3v) is 3.70. The van der Waals surface area contributed by atoms with Gasteiger partial charge in [-0.2, -0.15) is 0 Å². The lowest BCUT2D eigenvalue weighted by molar-refractivity contribution is -0.136. The fraction of sp³-hybridized carbons (Fsp3) is 0.250. The lowest BCUT2D eigenvalue weighted by Crippen LogP contribution is -2.35. The van der Waals surface area contributed by atoms with Crippen LogP contribution in [-0.2, 0) is 20.9 Å². The monoisotopic (exact) mass is 372 g/mol. The standard InChI is InChI=1S/C20H21FN2O4/c1-2-3-12-27-20(26)16-6-4-5-7-17(16)23-19(25)18(24)22-13-14-8-10-15(21)11-9-14/h4-11H,2-3,12-13H2,1H3,(H,22,24)(H,23,25). The topological polar surface area (TPSA) is 84.5 Å². The molecular formula is C20H21FN2O4. The van der Waals surface area contributed by atoms with E-state index in [4.69, 9.17) is 4.74 Å². The van der Waals surface area contributed by atoms with Crippen LogP contribution >= 0.6 is 0 Å². The number of carbonyl (C=O) groups is 3. The zero-order valence-corrected chi connectivity index (χ0v) is 15.0. The molecule has 0 heterocycles. The smallest absolute Gasteiger partial charge is 0.340 e. The summed E-state index contributed by atoms with van der Waals surface area (Å²) in [7, 11) is 0. The van der Waals surface area contributed by atoms with Crippen molar-refractivity contribution in [3.63, 3.8) is 0 Å². The highest BCUT2D eigenvalue weighted by atomic mass is 19.1. The van der Waals surface area contributed by atoms with Crippen LogP contribution in [0.2, 0.25) is 0 Å². The van der Waals surface area contributed by atoms with E-state index in [9.17, 15) is 18.8 Å². The zero-order chi connectivity index (χ0) is 19.6. The molecule has 0 saturated heterocycles. The van der Waals surface area contributed by atoms with Gasteiger partial charge in [-0.3, -0.25) is 9.59 Å². The molecule has 2 aromatic rings. The van der Waals surface area contributed by atoms with Gasteiger partial charge in [0.1, 0.15) is 5.82 Å². The van der Waals surface area contributed by atoms with Crippen LogP contribution in [0.3, 0.4) is 0 Å². The summed E-state index contributed by atoms with van der Waals surface area (Å²) in [5, 5.41) is 4.85. The Hall–Kier alpha value is -3.22. The normalized spacial score (nSPS) is 10.1. The fourth-order valence-corrected chi connectivity index (χ4v) is 2.20. The summed E-state index contributed by atoms with van der Waals surface area (Å²) in [4.78, 5) is 36.2. The minimum atomic E-state index is -0.911. The Morgan fingerprint density at radius 3 is 2.41 bits per heavy atom. The summed E-state index contributed by atoms with van der Waals surface area (Å²) < 4.78 is 18.0. The van der Waals surface area contributed by atoms with Crippen LogP contribution in [0.25, 0.3) is 0 Å². The van der Waals surface area contributed by atoms with Crippen molar-refractivity contribution < 1.29 is 23.5 Å². The Kier molecular flexibility index (Phi) is 7.49. The number of hydrogen-bond donors (Lipinski definition) is 2. The largest absolute Gasteiger partial charge is 0.462 e. The molecule has 0 atom stereocenters. The lowest BCUT2D eigenvalue weighted by atomic mass is 10.1. The first kappa shape index (κ1) is 20.1. The van der Waals surface area contributed by atoms with E-state index in [0.717, 1.165) is 12.8 Å². The number of amides is 2. The number of nitrogens with one attached hydrogen (secondary N) is 2. The quantitative estimate of drug-likeness (QED) is 0.444. The van der Waals surface area contributed by atoms with Gasteiger partial charge in [0.15, 0.2) is 0 Å². The maximum absolute atomic E-state index is 12.9. The third-order valence-electron chi connectivity index (χ3n) is 3.70. The number of anilines is 1. The fourth-order valence-electron chi connectivity index (χ4n) is 2.20. The van der Waals surface area contributed by atoms with Crippen molar-refractivity contribution in [1.29, 1.82) is 0 Å². The van der Waals surface area contributed by atoms with Crippen LogP contribution in [0.15, 0.2) is 48.5 Å². The van der Waals surface area contributed by atoms with Crippen LogP contribution in [0.1, 0.15) is 35.7 Å². The molecule has 142 valence electrons. The van der Waals surface area contributed by atoms with E-state index in [1.165, 1.54) is 36.4 Å². The van der Waals surface area contributed by atoms with Crippen molar-refractivity contribution in [2.45, 2.75) is 26.3 Å². The number of para-hydroxylation sites is 1. The zero-order valence-electron chi connectivity index (χ0n) is 15.0. The number of ether oxygens (including phenoxy) is 1. The molecule has 0 aromatic heterocycles. The molecule has 0 unspecified atom stereocenters. The minimum Gasteiger partial charge on any atom is -0.462 e. The van der Waals surface area contributed by atoms with Crippen molar-refractivity contribution in [1.82, 2.24) is 5.32 Å². The Labute approximate surface area is 156 Å². The summed E-state index contributed by atoms with van der Waals surface area (Å²) in [5.41, 5.74) is 1.02. The molecule has 0 radical (unpaired) electrons. The van der Waals surface area contributed by atoms with Crippen LogP contribution in [-0.4, -0.2) is 24.4 Å². The molecule has 0 aliphatic carbocycles. The van der Waals surface area contributed by atoms with Crippen molar-refractivity contribution >= 4 is 23.5 Å². The molecule has 0 spiro atoms. The van der Waals surface area contributed by atoms with Gasteiger partial charge in [0, 0.05) is 6.54 Å². The van der Waals surface area contributed by atoms with Crippen molar-refractivity contribution in [2.75, 3.05) is 11.9 Å². The molecule has 27 heavy (non-hydrogen) atoms. The molecule has 7 heteroatoms. The first-order valence-electron chi connectivity index (χ1n) is 8.61. The molecule has 2 amide bonds. The number of unbranched alkanes of at least 4 members (excludes halogenated alkanes) is 1. The highest BCUT2D eigenvalue weighted by molar-refractivity contribution is 6.39. The Morgan fingerprint density at radius 2 is 1.70 bits per heavy atom. The Bertz CT molecular complexity index is 806. The third kappa shape index (κ3) is 6.22. The summed E-state index contributed by atoms with van der Waals surface area (Å²) in [6.45, 7) is 2.34. The van der Waals surface area contributed by atoms with Crippen LogP contribution in [0, 0.1) is 5.82 Å². The van der Waals surface area contributed by atoms with Crippen molar-refractivity contribution in [3.8, 4) is 0 Å².